The molecule has 0 amide bonds. The Bertz CT molecular complexity index is 897. The Labute approximate surface area is 145 Å². The molecule has 0 radical (unpaired) electrons. The molecule has 2 heterocycles. The van der Waals surface area contributed by atoms with Crippen LogP contribution in [0, 0.1) is 0 Å². The number of allylic oxidation sites excluding steroid dienone is 2. The van der Waals surface area contributed by atoms with E-state index in [4.69, 9.17) is 0 Å². The molecular weight excluding hydrogens is 318 g/mol. The van der Waals surface area contributed by atoms with Crippen LogP contribution in [0.2, 0.25) is 0 Å². The maximum Gasteiger partial charge on any atom is 0.170 e. The second-order valence-electron chi connectivity index (χ2n) is 5.57. The van der Waals surface area contributed by atoms with Crippen LogP contribution in [0.3, 0.4) is 0 Å². The Balaban J connectivity index is 1.94. The van der Waals surface area contributed by atoms with Gasteiger partial charge in [-0.2, -0.15) is 5.10 Å². The van der Waals surface area contributed by atoms with Crippen molar-refractivity contribution in [3.05, 3.63) is 64.8 Å². The van der Waals surface area contributed by atoms with Crippen molar-refractivity contribution in [1.82, 2.24) is 14.6 Å². The van der Waals surface area contributed by atoms with Crippen molar-refractivity contribution in [2.45, 2.75) is 26.0 Å². The second-order valence-corrected chi connectivity index (χ2v) is 7.16. The van der Waals surface area contributed by atoms with E-state index in [2.05, 4.69) is 61.2 Å². The molecule has 2 aromatic heterocycles. The van der Waals surface area contributed by atoms with Gasteiger partial charge in [-0.15, -0.1) is 11.8 Å². The van der Waals surface area contributed by atoms with E-state index in [0.717, 1.165) is 17.5 Å². The summed E-state index contributed by atoms with van der Waals surface area (Å²) in [6.07, 6.45) is 4.61. The van der Waals surface area contributed by atoms with Gasteiger partial charge >= 0.3 is 0 Å². The average molecular weight is 337 g/mol. The van der Waals surface area contributed by atoms with Crippen LogP contribution in [-0.4, -0.2) is 20.9 Å². The fraction of sp³-hybridized carbons (Fsp3) is 0.211. The molecule has 122 valence electrons. The summed E-state index contributed by atoms with van der Waals surface area (Å²) in [5.41, 5.74) is 4.31. The fourth-order valence-electron chi connectivity index (χ4n) is 2.53. The first-order chi connectivity index (χ1) is 11.6. The average Bonchev–Trinajstić information content (AvgIpc) is 3.05. The number of hydrogen-bond donors (Lipinski definition) is 0. The van der Waals surface area contributed by atoms with Crippen LogP contribution < -0.4 is 0 Å². The molecule has 0 saturated heterocycles. The lowest BCUT2D eigenvalue weighted by atomic mass is 10.1. The molecule has 0 spiro atoms. The zero-order valence-corrected chi connectivity index (χ0v) is 14.7. The lowest BCUT2D eigenvalue weighted by Gasteiger charge is -2.13. The van der Waals surface area contributed by atoms with E-state index in [9.17, 15) is 4.79 Å². The van der Waals surface area contributed by atoms with Crippen LogP contribution in [0.15, 0.2) is 53.6 Å². The Morgan fingerprint density at radius 2 is 2.00 bits per heavy atom. The summed E-state index contributed by atoms with van der Waals surface area (Å²) in [4.78, 5) is 16.5. The fourth-order valence-corrected chi connectivity index (χ4v) is 3.52. The van der Waals surface area contributed by atoms with Crippen molar-refractivity contribution < 1.29 is 4.79 Å². The molecule has 5 heteroatoms. The first-order valence-electron chi connectivity index (χ1n) is 7.82. The molecule has 4 nitrogen and oxygen atoms in total. The van der Waals surface area contributed by atoms with Gasteiger partial charge in [-0.25, -0.2) is 9.50 Å². The van der Waals surface area contributed by atoms with E-state index >= 15 is 0 Å². The molecule has 0 bridgehead atoms. The predicted octanol–water partition coefficient (Wildman–Crippen LogP) is 4.93. The van der Waals surface area contributed by atoms with Gasteiger partial charge in [0.15, 0.2) is 11.9 Å². The zero-order valence-electron chi connectivity index (χ0n) is 13.9. The summed E-state index contributed by atoms with van der Waals surface area (Å²) >= 11 is 1.86. The molecule has 3 aromatic rings. The molecule has 1 aromatic carbocycles. The van der Waals surface area contributed by atoms with Gasteiger partial charge in [0.25, 0.3) is 0 Å². The Morgan fingerprint density at radius 1 is 1.25 bits per heavy atom. The minimum atomic E-state index is 0.387. The molecule has 0 aliphatic carbocycles. The highest BCUT2D eigenvalue weighted by atomic mass is 32.2. The SMILES string of the molecule is C/C=C(/C)SC(C)c1ccc(-c2ccnc3cc(C=O)nn23)cc1. The molecule has 0 aliphatic heterocycles. The van der Waals surface area contributed by atoms with Crippen LogP contribution in [-0.2, 0) is 0 Å². The quantitative estimate of drug-likeness (QED) is 0.620. The second kappa shape index (κ2) is 7.01. The molecule has 0 saturated carbocycles. The summed E-state index contributed by atoms with van der Waals surface area (Å²) in [6.45, 7) is 6.40. The van der Waals surface area contributed by atoms with Crippen molar-refractivity contribution in [1.29, 1.82) is 0 Å². The van der Waals surface area contributed by atoms with Crippen LogP contribution in [0.5, 0.6) is 0 Å². The Morgan fingerprint density at radius 3 is 2.67 bits per heavy atom. The van der Waals surface area contributed by atoms with E-state index in [1.807, 2.05) is 17.8 Å². The number of aromatic nitrogens is 3. The highest BCUT2D eigenvalue weighted by molar-refractivity contribution is 8.03. The van der Waals surface area contributed by atoms with Gasteiger partial charge in [-0.1, -0.05) is 30.3 Å². The summed E-state index contributed by atoms with van der Waals surface area (Å²) < 4.78 is 1.71. The number of rotatable bonds is 5. The number of thioether (sulfide) groups is 1. The van der Waals surface area contributed by atoms with Gasteiger partial charge < -0.3 is 0 Å². The van der Waals surface area contributed by atoms with E-state index < -0.39 is 0 Å². The third-order valence-electron chi connectivity index (χ3n) is 3.94. The third-order valence-corrected chi connectivity index (χ3v) is 5.18. The van der Waals surface area contributed by atoms with Gasteiger partial charge in [0.05, 0.1) is 5.69 Å². The van der Waals surface area contributed by atoms with E-state index in [0.29, 0.717) is 16.6 Å². The van der Waals surface area contributed by atoms with Crippen molar-refractivity contribution in [2.24, 2.45) is 0 Å². The standard InChI is InChI=1S/C19H19N3OS/c1-4-13(2)24-14(3)15-5-7-16(8-6-15)18-9-10-20-19-11-17(12-23)21-22(18)19/h4-12,14H,1-3H3/b13-4-. The van der Waals surface area contributed by atoms with Crippen molar-refractivity contribution >= 4 is 23.7 Å². The number of carbonyl (C=O) groups is 1. The third kappa shape index (κ3) is 3.26. The topological polar surface area (TPSA) is 47.3 Å². The number of hydrogen-bond acceptors (Lipinski definition) is 4. The highest BCUT2D eigenvalue weighted by Gasteiger charge is 2.10. The van der Waals surface area contributed by atoms with E-state index in [1.54, 1.807) is 16.8 Å². The lowest BCUT2D eigenvalue weighted by Crippen LogP contribution is -1.96. The first-order valence-corrected chi connectivity index (χ1v) is 8.70. The van der Waals surface area contributed by atoms with Crippen molar-refractivity contribution in [3.8, 4) is 11.3 Å². The zero-order chi connectivity index (χ0) is 17.1. The van der Waals surface area contributed by atoms with E-state index in [-0.39, 0.29) is 0 Å². The largest absolute Gasteiger partial charge is 0.296 e. The minimum Gasteiger partial charge on any atom is -0.296 e. The lowest BCUT2D eigenvalue weighted by molar-refractivity contribution is 0.111. The van der Waals surface area contributed by atoms with Crippen LogP contribution in [0.1, 0.15) is 42.1 Å². The molecular formula is C19H19N3OS. The molecule has 0 fully saturated rings. The Kier molecular flexibility index (Phi) is 4.81. The Hall–Kier alpha value is -2.40. The normalized spacial score (nSPS) is 13.2. The van der Waals surface area contributed by atoms with Crippen molar-refractivity contribution in [3.63, 3.8) is 0 Å². The molecule has 1 unspecified atom stereocenters. The number of fused-ring (bicyclic) bond motifs is 1. The van der Waals surface area contributed by atoms with Crippen LogP contribution in [0.25, 0.3) is 16.9 Å². The monoisotopic (exact) mass is 337 g/mol. The maximum atomic E-state index is 10.9. The van der Waals surface area contributed by atoms with Gasteiger partial charge in [-0.05, 0) is 37.3 Å². The molecule has 0 aliphatic rings. The number of aldehydes is 1. The molecule has 1 atom stereocenters. The molecule has 0 N–H and O–H groups in total. The van der Waals surface area contributed by atoms with E-state index in [1.165, 1.54) is 10.5 Å². The van der Waals surface area contributed by atoms with Crippen LogP contribution in [0.4, 0.5) is 0 Å². The summed E-state index contributed by atoms with van der Waals surface area (Å²) in [5, 5.41) is 4.69. The van der Waals surface area contributed by atoms with Crippen molar-refractivity contribution in [2.75, 3.05) is 0 Å². The molecule has 3 rings (SSSR count). The number of carbonyl (C=O) groups excluding carboxylic acids is 1. The van der Waals surface area contributed by atoms with Gasteiger partial charge in [-0.3, -0.25) is 4.79 Å². The molecule has 24 heavy (non-hydrogen) atoms. The number of nitrogens with zero attached hydrogens (tertiary/aromatic N) is 3. The minimum absolute atomic E-state index is 0.387. The van der Waals surface area contributed by atoms with Gasteiger partial charge in [0.1, 0.15) is 5.69 Å². The predicted molar refractivity (Wildman–Crippen MR) is 99.2 cm³/mol. The highest BCUT2D eigenvalue weighted by Crippen LogP contribution is 2.34. The maximum absolute atomic E-state index is 10.9. The van der Waals surface area contributed by atoms with Gasteiger partial charge in [0, 0.05) is 23.1 Å². The number of benzene rings is 1. The smallest absolute Gasteiger partial charge is 0.170 e. The summed E-state index contributed by atoms with van der Waals surface area (Å²) in [7, 11) is 0. The summed E-state index contributed by atoms with van der Waals surface area (Å²) in [6, 6.07) is 12.1. The first kappa shape index (κ1) is 16.5. The van der Waals surface area contributed by atoms with Crippen LogP contribution >= 0.6 is 11.8 Å². The summed E-state index contributed by atoms with van der Waals surface area (Å²) in [5.74, 6) is 0. The van der Waals surface area contributed by atoms with Gasteiger partial charge in [0.2, 0.25) is 0 Å².